The summed E-state index contributed by atoms with van der Waals surface area (Å²) < 4.78 is 9.97. The Bertz CT molecular complexity index is 433. The number of hydrogen-bond acceptors (Lipinski definition) is 1. The first-order chi connectivity index (χ1) is 9.56. The van der Waals surface area contributed by atoms with Crippen molar-refractivity contribution in [3.63, 3.8) is 0 Å². The van der Waals surface area contributed by atoms with Gasteiger partial charge in [0.15, 0.2) is 0 Å². The molecule has 0 unspecified atom stereocenters. The summed E-state index contributed by atoms with van der Waals surface area (Å²) in [4.78, 5) is 0. The Balaban J connectivity index is 2.10. The third-order valence-corrected chi connectivity index (χ3v) is 7.35. The molecule has 1 aliphatic carbocycles. The summed E-state index contributed by atoms with van der Waals surface area (Å²) >= 11 is 10.9. The van der Waals surface area contributed by atoms with Crippen LogP contribution in [0.3, 0.4) is 0 Å². The van der Waals surface area contributed by atoms with Gasteiger partial charge in [0.25, 0.3) is 0 Å². The predicted molar refractivity (Wildman–Crippen MR) is 114 cm³/mol. The largest absolute Gasteiger partial charge is 0.491 e. The summed E-state index contributed by atoms with van der Waals surface area (Å²) in [5, 5.41) is 1.05. The fourth-order valence-corrected chi connectivity index (χ4v) is 7.30. The zero-order valence-corrected chi connectivity index (χ0v) is 19.3. The molecule has 1 aromatic carbocycles. The molecule has 1 nitrogen and oxygen atoms in total. The van der Waals surface area contributed by atoms with E-state index in [0.717, 1.165) is 17.7 Å². The van der Waals surface area contributed by atoms with Crippen LogP contribution in [0.2, 0.25) is 0 Å². The molecule has 0 radical (unpaired) electrons. The number of alkyl halides is 1. The van der Waals surface area contributed by atoms with E-state index in [1.54, 1.807) is 0 Å². The number of rotatable bonds is 4. The van der Waals surface area contributed by atoms with Crippen LogP contribution in [0.5, 0.6) is 5.75 Å². The van der Waals surface area contributed by atoms with E-state index in [1.165, 1.54) is 49.2 Å². The van der Waals surface area contributed by atoms with Crippen LogP contribution < -0.4 is 4.74 Å². The number of ether oxygens (including phenoxy) is 1. The lowest BCUT2D eigenvalue weighted by molar-refractivity contribution is 0.147. The van der Waals surface area contributed by atoms with Gasteiger partial charge in [-0.1, -0.05) is 41.6 Å². The normalized spacial score (nSPS) is 18.6. The highest BCUT2D eigenvalue weighted by molar-refractivity contribution is 14.1. The molecule has 0 heterocycles. The van der Waals surface area contributed by atoms with E-state index in [4.69, 9.17) is 4.74 Å². The van der Waals surface area contributed by atoms with Crippen molar-refractivity contribution in [3.8, 4) is 5.75 Å². The van der Waals surface area contributed by atoms with E-state index in [0.29, 0.717) is 5.41 Å². The van der Waals surface area contributed by atoms with E-state index < -0.39 is 0 Å². The van der Waals surface area contributed by atoms with E-state index >= 15 is 0 Å². The lowest BCUT2D eigenvalue weighted by Crippen LogP contribution is -2.30. The number of benzene rings is 1. The number of halogens is 4. The second-order valence-electron chi connectivity index (χ2n) is 5.54. The molecule has 0 atom stereocenters. The summed E-state index contributed by atoms with van der Waals surface area (Å²) in [6, 6.07) is 4.37. The van der Waals surface area contributed by atoms with Gasteiger partial charge in [-0.2, -0.15) is 0 Å². The number of hydrogen-bond donors (Lipinski definition) is 0. The van der Waals surface area contributed by atoms with Gasteiger partial charge >= 0.3 is 0 Å². The van der Waals surface area contributed by atoms with E-state index in [1.807, 2.05) is 0 Å². The van der Waals surface area contributed by atoms with Crippen LogP contribution in [0.15, 0.2) is 12.1 Å². The van der Waals surface area contributed by atoms with Crippen molar-refractivity contribution in [3.05, 3.63) is 22.8 Å². The van der Waals surface area contributed by atoms with Crippen LogP contribution in [-0.4, -0.2) is 11.9 Å². The van der Waals surface area contributed by atoms with Gasteiger partial charge in [-0.25, -0.2) is 0 Å². The fraction of sp³-hybridized carbons (Fsp3) is 0.600. The van der Waals surface area contributed by atoms with Crippen molar-refractivity contribution in [2.24, 2.45) is 5.41 Å². The van der Waals surface area contributed by atoms with Crippen molar-refractivity contribution in [2.45, 2.75) is 38.5 Å². The molecule has 1 saturated carbocycles. The minimum atomic E-state index is 0.325. The van der Waals surface area contributed by atoms with Crippen LogP contribution in [0.1, 0.15) is 38.5 Å². The Morgan fingerprint density at radius 3 is 2.05 bits per heavy atom. The standard InChI is InChI=1S/C15H18BrI3O/c16-9-15(5-3-1-2-4-6-15)10-20-14-12(18)7-11(17)8-13(14)19/h7-8H,1-6,9-10H2. The summed E-state index contributed by atoms with van der Waals surface area (Å²) in [5.74, 6) is 1.07. The maximum absolute atomic E-state index is 6.26. The minimum Gasteiger partial charge on any atom is -0.491 e. The molecule has 1 fully saturated rings. The van der Waals surface area contributed by atoms with Gasteiger partial charge in [0.1, 0.15) is 5.75 Å². The third-order valence-electron chi connectivity index (χ3n) is 3.93. The first-order valence-electron chi connectivity index (χ1n) is 6.90. The van der Waals surface area contributed by atoms with Crippen molar-refractivity contribution in [1.82, 2.24) is 0 Å². The molecule has 0 bridgehead atoms. The second kappa shape index (κ2) is 8.52. The lowest BCUT2D eigenvalue weighted by Gasteiger charge is -2.31. The molecule has 2 rings (SSSR count). The van der Waals surface area contributed by atoms with Gasteiger partial charge in [0.05, 0.1) is 13.7 Å². The second-order valence-corrected chi connectivity index (χ2v) is 9.67. The van der Waals surface area contributed by atoms with E-state index in [-0.39, 0.29) is 0 Å². The smallest absolute Gasteiger partial charge is 0.146 e. The maximum Gasteiger partial charge on any atom is 0.146 e. The summed E-state index contributed by atoms with van der Waals surface area (Å²) in [6.45, 7) is 0.838. The molecule has 1 aromatic rings. The van der Waals surface area contributed by atoms with Crippen LogP contribution in [0.25, 0.3) is 0 Å². The Morgan fingerprint density at radius 2 is 1.55 bits per heavy atom. The maximum atomic E-state index is 6.26. The van der Waals surface area contributed by atoms with Gasteiger partial charge < -0.3 is 4.74 Å². The van der Waals surface area contributed by atoms with E-state index in [2.05, 4.69) is 95.8 Å². The van der Waals surface area contributed by atoms with Crippen molar-refractivity contribution in [1.29, 1.82) is 0 Å². The molecule has 0 spiro atoms. The van der Waals surface area contributed by atoms with Gasteiger partial charge in [-0.05, 0) is 92.7 Å². The Morgan fingerprint density at radius 1 is 1.00 bits per heavy atom. The van der Waals surface area contributed by atoms with Crippen LogP contribution in [-0.2, 0) is 0 Å². The molecule has 0 aromatic heterocycles. The topological polar surface area (TPSA) is 9.23 Å². The van der Waals surface area contributed by atoms with Crippen LogP contribution in [0, 0.1) is 16.1 Å². The molecule has 5 heteroatoms. The lowest BCUT2D eigenvalue weighted by atomic mass is 9.83. The first-order valence-corrected chi connectivity index (χ1v) is 11.3. The molecule has 1 aliphatic rings. The first kappa shape index (κ1) is 18.0. The molecular weight excluding hydrogens is 657 g/mol. The molecular formula is C15H18BrI3O. The van der Waals surface area contributed by atoms with Gasteiger partial charge in [0.2, 0.25) is 0 Å². The molecule has 112 valence electrons. The molecule has 20 heavy (non-hydrogen) atoms. The predicted octanol–water partition coefficient (Wildman–Crippen LogP) is 6.61. The highest BCUT2D eigenvalue weighted by atomic mass is 127. The average Bonchev–Trinajstić information content (AvgIpc) is 2.63. The summed E-state index contributed by atoms with van der Waals surface area (Å²) in [5.41, 5.74) is 0.325. The SMILES string of the molecule is BrCC1(COc2c(I)cc(I)cc2I)CCCCCC1. The molecule has 0 aliphatic heterocycles. The quantitative estimate of drug-likeness (QED) is 0.199. The van der Waals surface area contributed by atoms with Crippen LogP contribution in [0.4, 0.5) is 0 Å². The monoisotopic (exact) mass is 674 g/mol. The molecule has 0 amide bonds. The molecule has 0 N–H and O–H groups in total. The highest BCUT2D eigenvalue weighted by Gasteiger charge is 2.31. The van der Waals surface area contributed by atoms with Gasteiger partial charge in [-0.15, -0.1) is 0 Å². The zero-order chi connectivity index (χ0) is 14.6. The van der Waals surface area contributed by atoms with Gasteiger partial charge in [-0.3, -0.25) is 0 Å². The van der Waals surface area contributed by atoms with Crippen LogP contribution >= 0.6 is 83.7 Å². The van der Waals surface area contributed by atoms with Crippen molar-refractivity contribution >= 4 is 83.7 Å². The Kier molecular flexibility index (Phi) is 7.68. The van der Waals surface area contributed by atoms with E-state index in [9.17, 15) is 0 Å². The molecule has 0 saturated heterocycles. The highest BCUT2D eigenvalue weighted by Crippen LogP contribution is 2.38. The fourth-order valence-electron chi connectivity index (χ4n) is 2.69. The average molecular weight is 675 g/mol. The summed E-state index contributed by atoms with van der Waals surface area (Å²) in [6.07, 6.45) is 8.03. The summed E-state index contributed by atoms with van der Waals surface area (Å²) in [7, 11) is 0. The minimum absolute atomic E-state index is 0.325. The zero-order valence-electron chi connectivity index (χ0n) is 11.2. The third kappa shape index (κ3) is 4.84. The van der Waals surface area contributed by atoms with Crippen molar-refractivity contribution < 1.29 is 4.74 Å². The van der Waals surface area contributed by atoms with Crippen molar-refractivity contribution in [2.75, 3.05) is 11.9 Å². The van der Waals surface area contributed by atoms with Gasteiger partial charge in [0, 0.05) is 14.3 Å². The Hall–Kier alpha value is 1.69. The Labute approximate surface area is 170 Å².